The van der Waals surface area contributed by atoms with Crippen molar-refractivity contribution in [1.29, 1.82) is 0 Å². The summed E-state index contributed by atoms with van der Waals surface area (Å²) in [6, 6.07) is 8.51. The quantitative estimate of drug-likeness (QED) is 0.743. The topological polar surface area (TPSA) is 95.1 Å². The van der Waals surface area contributed by atoms with Gasteiger partial charge in [-0.3, -0.25) is 9.89 Å². The van der Waals surface area contributed by atoms with Crippen molar-refractivity contribution in [2.45, 2.75) is 0 Å². The van der Waals surface area contributed by atoms with Gasteiger partial charge in [0.2, 0.25) is 0 Å². The first kappa shape index (κ1) is 10.9. The number of nitrogens with zero attached hydrogens (tertiary/aromatic N) is 1. The molecule has 0 saturated carbocycles. The molecule has 0 bridgehead atoms. The summed E-state index contributed by atoms with van der Waals surface area (Å²) in [6.07, 6.45) is 1.32. The van der Waals surface area contributed by atoms with E-state index < -0.39 is 5.97 Å². The van der Waals surface area contributed by atoms with Crippen molar-refractivity contribution in [3.8, 4) is 0 Å². The zero-order valence-corrected chi connectivity index (χ0v) is 8.68. The van der Waals surface area contributed by atoms with E-state index in [1.807, 2.05) is 0 Å². The van der Waals surface area contributed by atoms with Crippen molar-refractivity contribution in [3.05, 3.63) is 47.8 Å². The van der Waals surface area contributed by atoms with Crippen LogP contribution in [0.1, 0.15) is 20.8 Å². The molecule has 0 unspecified atom stereocenters. The molecule has 2 aromatic rings. The molecule has 1 aromatic carbocycles. The molecular formula is C11H9N3O3. The maximum Gasteiger partial charge on any atom is 0.358 e. The number of hydrogen-bond acceptors (Lipinski definition) is 3. The Morgan fingerprint density at radius 3 is 2.59 bits per heavy atom. The lowest BCUT2D eigenvalue weighted by Gasteiger charge is -2.02. The second kappa shape index (κ2) is 4.48. The fourth-order valence-electron chi connectivity index (χ4n) is 1.33. The molecule has 3 N–H and O–H groups in total. The number of anilines is 1. The smallest absolute Gasteiger partial charge is 0.358 e. The second-order valence-electron chi connectivity index (χ2n) is 3.27. The molecule has 1 amide bonds. The average molecular weight is 231 g/mol. The molecule has 0 saturated heterocycles. The Labute approximate surface area is 96.3 Å². The normalized spacial score (nSPS) is 9.88. The Hall–Kier alpha value is -2.63. The van der Waals surface area contributed by atoms with Crippen molar-refractivity contribution in [2.24, 2.45) is 0 Å². The number of hydrogen-bond donors (Lipinski definition) is 3. The van der Waals surface area contributed by atoms with Gasteiger partial charge >= 0.3 is 5.97 Å². The van der Waals surface area contributed by atoms with Crippen molar-refractivity contribution < 1.29 is 14.7 Å². The molecule has 0 aliphatic heterocycles. The molecule has 17 heavy (non-hydrogen) atoms. The van der Waals surface area contributed by atoms with Gasteiger partial charge in [0.1, 0.15) is 0 Å². The van der Waals surface area contributed by atoms with Gasteiger partial charge in [-0.15, -0.1) is 0 Å². The number of aromatic nitrogens is 2. The van der Waals surface area contributed by atoms with Gasteiger partial charge in [0.15, 0.2) is 5.69 Å². The standard InChI is InChI=1S/C11H9N3O3/c15-10(7-4-2-1-3-5-7)13-8-6-12-14-9(8)11(16)17/h1-6H,(H,12,14)(H,13,15)(H,16,17). The number of rotatable bonds is 3. The van der Waals surface area contributed by atoms with Gasteiger partial charge in [0, 0.05) is 11.8 Å². The van der Waals surface area contributed by atoms with Crippen LogP contribution in [0.25, 0.3) is 0 Å². The summed E-state index contributed by atoms with van der Waals surface area (Å²) in [6.45, 7) is 0. The summed E-state index contributed by atoms with van der Waals surface area (Å²) in [4.78, 5) is 22.5. The van der Waals surface area contributed by atoms with E-state index in [4.69, 9.17) is 5.11 Å². The zero-order chi connectivity index (χ0) is 12.3. The number of carbonyl (C=O) groups is 2. The van der Waals surface area contributed by atoms with Crippen LogP contribution in [0.2, 0.25) is 0 Å². The van der Waals surface area contributed by atoms with Crippen molar-refractivity contribution in [3.63, 3.8) is 0 Å². The zero-order valence-electron chi connectivity index (χ0n) is 8.68. The predicted octanol–water partition coefficient (Wildman–Crippen LogP) is 1.36. The SMILES string of the molecule is O=C(Nc1c[nH]nc1C(=O)O)c1ccccc1. The Kier molecular flexibility index (Phi) is 2.87. The molecule has 2 rings (SSSR count). The summed E-state index contributed by atoms with van der Waals surface area (Å²) >= 11 is 0. The highest BCUT2D eigenvalue weighted by atomic mass is 16.4. The lowest BCUT2D eigenvalue weighted by atomic mass is 10.2. The maximum absolute atomic E-state index is 11.7. The fraction of sp³-hybridized carbons (Fsp3) is 0. The van der Waals surface area contributed by atoms with Crippen LogP contribution in [0.5, 0.6) is 0 Å². The van der Waals surface area contributed by atoms with E-state index in [-0.39, 0.29) is 17.3 Å². The van der Waals surface area contributed by atoms with Gasteiger partial charge in [-0.2, -0.15) is 5.10 Å². The number of amides is 1. The summed E-state index contributed by atoms with van der Waals surface area (Å²) in [7, 11) is 0. The first-order valence-corrected chi connectivity index (χ1v) is 4.82. The van der Waals surface area contributed by atoms with Crippen LogP contribution in [0.15, 0.2) is 36.5 Å². The molecule has 6 nitrogen and oxygen atoms in total. The molecule has 0 aliphatic carbocycles. The van der Waals surface area contributed by atoms with Crippen LogP contribution in [0, 0.1) is 0 Å². The minimum Gasteiger partial charge on any atom is -0.476 e. The van der Waals surface area contributed by atoms with E-state index in [1.165, 1.54) is 6.20 Å². The molecule has 0 aliphatic rings. The van der Waals surface area contributed by atoms with Crippen LogP contribution in [-0.4, -0.2) is 27.2 Å². The van der Waals surface area contributed by atoms with E-state index in [2.05, 4.69) is 15.5 Å². The minimum atomic E-state index is -1.20. The molecule has 86 valence electrons. The third-order valence-electron chi connectivity index (χ3n) is 2.13. The van der Waals surface area contributed by atoms with Gasteiger partial charge in [0.05, 0.1) is 5.69 Å². The number of carboxylic acid groups (broad SMARTS) is 1. The number of carboxylic acids is 1. The molecule has 0 atom stereocenters. The lowest BCUT2D eigenvalue weighted by molar-refractivity contribution is 0.0691. The highest BCUT2D eigenvalue weighted by Crippen LogP contribution is 2.12. The van der Waals surface area contributed by atoms with Gasteiger partial charge in [-0.1, -0.05) is 18.2 Å². The van der Waals surface area contributed by atoms with E-state index in [0.717, 1.165) is 0 Å². The maximum atomic E-state index is 11.7. The minimum absolute atomic E-state index is 0.145. The summed E-state index contributed by atoms with van der Waals surface area (Å²) < 4.78 is 0. The second-order valence-corrected chi connectivity index (χ2v) is 3.27. The van der Waals surface area contributed by atoms with Gasteiger partial charge < -0.3 is 10.4 Å². The van der Waals surface area contributed by atoms with Crippen molar-refractivity contribution >= 4 is 17.6 Å². The molecular weight excluding hydrogens is 222 g/mol. The summed E-state index contributed by atoms with van der Waals surface area (Å²) in [5.74, 6) is -1.58. The summed E-state index contributed by atoms with van der Waals surface area (Å²) in [5.41, 5.74) is 0.380. The van der Waals surface area contributed by atoms with E-state index in [1.54, 1.807) is 30.3 Å². The van der Waals surface area contributed by atoms with Gasteiger partial charge in [0.25, 0.3) is 5.91 Å². The third kappa shape index (κ3) is 2.31. The van der Waals surface area contributed by atoms with Crippen LogP contribution < -0.4 is 5.32 Å². The van der Waals surface area contributed by atoms with Crippen LogP contribution in [0.3, 0.4) is 0 Å². The first-order chi connectivity index (χ1) is 8.18. The van der Waals surface area contributed by atoms with Crippen molar-refractivity contribution in [1.82, 2.24) is 10.2 Å². The highest BCUT2D eigenvalue weighted by Gasteiger charge is 2.15. The highest BCUT2D eigenvalue weighted by molar-refractivity contribution is 6.07. The predicted molar refractivity (Wildman–Crippen MR) is 59.9 cm³/mol. The number of carbonyl (C=O) groups excluding carboxylic acids is 1. The number of H-pyrrole nitrogens is 1. The summed E-state index contributed by atoms with van der Waals surface area (Å²) in [5, 5.41) is 17.2. The monoisotopic (exact) mass is 231 g/mol. The molecule has 0 spiro atoms. The van der Waals surface area contributed by atoms with Crippen LogP contribution in [-0.2, 0) is 0 Å². The number of aromatic amines is 1. The largest absolute Gasteiger partial charge is 0.476 e. The Morgan fingerprint density at radius 2 is 1.94 bits per heavy atom. The first-order valence-electron chi connectivity index (χ1n) is 4.82. The van der Waals surface area contributed by atoms with E-state index in [0.29, 0.717) is 5.56 Å². The van der Waals surface area contributed by atoms with Gasteiger partial charge in [-0.25, -0.2) is 4.79 Å². The average Bonchev–Trinajstić information content (AvgIpc) is 2.78. The van der Waals surface area contributed by atoms with Gasteiger partial charge in [-0.05, 0) is 12.1 Å². The molecule has 6 heteroatoms. The Bertz CT molecular complexity index is 548. The molecule has 1 aromatic heterocycles. The number of benzene rings is 1. The Morgan fingerprint density at radius 1 is 1.24 bits per heavy atom. The fourth-order valence-corrected chi connectivity index (χ4v) is 1.33. The molecule has 0 radical (unpaired) electrons. The van der Waals surface area contributed by atoms with E-state index >= 15 is 0 Å². The lowest BCUT2D eigenvalue weighted by Crippen LogP contribution is -2.13. The van der Waals surface area contributed by atoms with Crippen molar-refractivity contribution in [2.75, 3.05) is 5.32 Å². The molecule has 0 fully saturated rings. The van der Waals surface area contributed by atoms with Crippen LogP contribution >= 0.6 is 0 Å². The number of nitrogens with one attached hydrogen (secondary N) is 2. The number of aromatic carboxylic acids is 1. The molecule has 1 heterocycles. The Balaban J connectivity index is 2.19. The van der Waals surface area contributed by atoms with Crippen LogP contribution in [0.4, 0.5) is 5.69 Å². The third-order valence-corrected chi connectivity index (χ3v) is 2.13. The van der Waals surface area contributed by atoms with E-state index in [9.17, 15) is 9.59 Å².